The number of carbonyl (C=O) groups excluding carboxylic acids is 4. The lowest BCUT2D eigenvalue weighted by Gasteiger charge is -2.37. The van der Waals surface area contributed by atoms with E-state index < -0.39 is 47.3 Å². The van der Waals surface area contributed by atoms with Crippen LogP contribution in [0.1, 0.15) is 91.5 Å². The van der Waals surface area contributed by atoms with Gasteiger partial charge in [-0.2, -0.15) is 0 Å². The second-order valence-electron chi connectivity index (χ2n) is 14.4. The van der Waals surface area contributed by atoms with Gasteiger partial charge in [0.1, 0.15) is 29.3 Å². The van der Waals surface area contributed by atoms with Gasteiger partial charge in [-0.05, 0) is 83.4 Å². The number of aryl methyl sites for hydroxylation is 1. The molecular formula is C36H51N3O6. The quantitative estimate of drug-likeness (QED) is 0.303. The van der Waals surface area contributed by atoms with Gasteiger partial charge in [-0.3, -0.25) is 9.59 Å². The van der Waals surface area contributed by atoms with E-state index in [0.717, 1.165) is 11.1 Å². The lowest BCUT2D eigenvalue weighted by Crippen LogP contribution is -2.57. The van der Waals surface area contributed by atoms with Crippen LogP contribution >= 0.6 is 0 Å². The zero-order chi connectivity index (χ0) is 33.7. The number of hydrogen-bond acceptors (Lipinski definition) is 6. The van der Waals surface area contributed by atoms with E-state index in [9.17, 15) is 19.2 Å². The molecule has 1 aliphatic rings. The predicted octanol–water partition coefficient (Wildman–Crippen LogP) is 5.89. The monoisotopic (exact) mass is 621 g/mol. The fourth-order valence-corrected chi connectivity index (χ4v) is 5.26. The third-order valence-corrected chi connectivity index (χ3v) is 7.58. The maximum Gasteiger partial charge on any atom is 0.408 e. The third-order valence-electron chi connectivity index (χ3n) is 7.58. The number of amides is 3. The van der Waals surface area contributed by atoms with Gasteiger partial charge < -0.3 is 25.0 Å². The van der Waals surface area contributed by atoms with Crippen molar-refractivity contribution in [2.24, 2.45) is 11.8 Å². The van der Waals surface area contributed by atoms with Crippen LogP contribution in [0, 0.1) is 18.8 Å². The molecule has 9 nitrogen and oxygen atoms in total. The molecule has 0 spiro atoms. The first-order valence-corrected chi connectivity index (χ1v) is 15.8. The van der Waals surface area contributed by atoms with Gasteiger partial charge in [0.15, 0.2) is 0 Å². The highest BCUT2D eigenvalue weighted by Crippen LogP contribution is 2.41. The Morgan fingerprint density at radius 1 is 0.867 bits per heavy atom. The summed E-state index contributed by atoms with van der Waals surface area (Å²) in [6.07, 6.45) is 0.214. The number of rotatable bonds is 11. The Bertz CT molecular complexity index is 1340. The second-order valence-corrected chi connectivity index (χ2v) is 14.4. The van der Waals surface area contributed by atoms with Crippen molar-refractivity contribution in [2.75, 3.05) is 0 Å². The smallest absolute Gasteiger partial charge is 0.408 e. The van der Waals surface area contributed by atoms with Gasteiger partial charge in [0.2, 0.25) is 11.8 Å². The van der Waals surface area contributed by atoms with Gasteiger partial charge >= 0.3 is 12.1 Å². The van der Waals surface area contributed by atoms with Crippen molar-refractivity contribution >= 4 is 23.9 Å². The number of alkyl carbamates (subject to hydrolysis) is 1. The predicted molar refractivity (Wildman–Crippen MR) is 174 cm³/mol. The molecule has 5 unspecified atom stereocenters. The van der Waals surface area contributed by atoms with Gasteiger partial charge in [-0.1, -0.05) is 75.4 Å². The first kappa shape index (κ1) is 35.6. The maximum absolute atomic E-state index is 14.5. The highest BCUT2D eigenvalue weighted by molar-refractivity contribution is 5.94. The molecule has 1 fully saturated rings. The summed E-state index contributed by atoms with van der Waals surface area (Å²) in [5, 5.41) is 5.74. The molecule has 1 saturated carbocycles. The minimum atomic E-state index is -1.06. The first-order valence-electron chi connectivity index (χ1n) is 15.8. The summed E-state index contributed by atoms with van der Waals surface area (Å²) in [4.78, 5) is 57.0. The average molecular weight is 622 g/mol. The molecule has 0 aliphatic heterocycles. The van der Waals surface area contributed by atoms with Gasteiger partial charge in [-0.15, -0.1) is 0 Å². The molecule has 3 amide bonds. The third kappa shape index (κ3) is 10.3. The zero-order valence-corrected chi connectivity index (χ0v) is 28.5. The van der Waals surface area contributed by atoms with E-state index in [2.05, 4.69) is 10.6 Å². The topological polar surface area (TPSA) is 114 Å². The van der Waals surface area contributed by atoms with Crippen molar-refractivity contribution in [1.29, 1.82) is 0 Å². The van der Waals surface area contributed by atoms with Crippen LogP contribution in [-0.2, 0) is 30.3 Å². The van der Waals surface area contributed by atoms with Gasteiger partial charge in [0.25, 0.3) is 0 Å². The summed E-state index contributed by atoms with van der Waals surface area (Å²) in [7, 11) is 0. The van der Waals surface area contributed by atoms with E-state index in [1.165, 1.54) is 0 Å². The van der Waals surface area contributed by atoms with Crippen LogP contribution in [0.3, 0.4) is 0 Å². The van der Waals surface area contributed by atoms with Crippen molar-refractivity contribution in [2.45, 2.75) is 117 Å². The fourth-order valence-electron chi connectivity index (χ4n) is 5.26. The number of ether oxygens (including phenoxy) is 2. The molecule has 0 heterocycles. The van der Waals surface area contributed by atoms with E-state index in [0.29, 0.717) is 12.0 Å². The number of esters is 1. The van der Waals surface area contributed by atoms with E-state index in [1.54, 1.807) is 46.4 Å². The largest absolute Gasteiger partial charge is 0.458 e. The van der Waals surface area contributed by atoms with Crippen LogP contribution in [0.2, 0.25) is 0 Å². The Balaban J connectivity index is 2.06. The summed E-state index contributed by atoms with van der Waals surface area (Å²) in [6, 6.07) is 13.6. The molecule has 0 bridgehead atoms. The number of nitrogens with zero attached hydrogens (tertiary/aromatic N) is 1. The molecule has 0 radical (unpaired) electrons. The van der Waals surface area contributed by atoms with Gasteiger partial charge in [0.05, 0.1) is 0 Å². The van der Waals surface area contributed by atoms with Crippen molar-refractivity contribution in [3.63, 3.8) is 0 Å². The molecule has 2 aromatic carbocycles. The standard InChI is InChI=1S/C36H51N3O6/c1-22(2)29(38-34(43)45-36(8,9)10)32(41)39(28-20-24(28)4)30(26-19-15-14-16-23(26)3)31(40)37-27(33(42)44-35(5,6)7)21-25-17-12-11-13-18-25/h11-19,22,24,27-30H,20-21H2,1-10H3,(H,37,40)(H,38,43). The summed E-state index contributed by atoms with van der Waals surface area (Å²) in [5.41, 5.74) is 0.798. The number of nitrogens with one attached hydrogen (secondary N) is 2. The molecule has 0 aromatic heterocycles. The Morgan fingerprint density at radius 2 is 1.42 bits per heavy atom. The van der Waals surface area contributed by atoms with E-state index in [1.807, 2.05) is 82.3 Å². The molecule has 246 valence electrons. The molecule has 3 rings (SSSR count). The van der Waals surface area contributed by atoms with E-state index in [4.69, 9.17) is 9.47 Å². The Labute approximate surface area is 268 Å². The van der Waals surface area contributed by atoms with E-state index >= 15 is 0 Å². The van der Waals surface area contributed by atoms with Crippen LogP contribution in [-0.4, -0.2) is 58.1 Å². The van der Waals surface area contributed by atoms with Crippen LogP contribution in [0.4, 0.5) is 4.79 Å². The summed E-state index contributed by atoms with van der Waals surface area (Å²) < 4.78 is 11.2. The van der Waals surface area contributed by atoms with E-state index in [-0.39, 0.29) is 30.2 Å². The van der Waals surface area contributed by atoms with Gasteiger partial charge in [0, 0.05) is 12.5 Å². The second kappa shape index (κ2) is 14.5. The van der Waals surface area contributed by atoms with Gasteiger partial charge in [-0.25, -0.2) is 9.59 Å². The van der Waals surface area contributed by atoms with Crippen LogP contribution < -0.4 is 10.6 Å². The summed E-state index contributed by atoms with van der Waals surface area (Å²) in [5.74, 6) is -1.59. The lowest BCUT2D eigenvalue weighted by molar-refractivity contribution is -0.159. The zero-order valence-electron chi connectivity index (χ0n) is 28.5. The van der Waals surface area contributed by atoms with Crippen LogP contribution in [0.5, 0.6) is 0 Å². The van der Waals surface area contributed by atoms with Crippen molar-refractivity contribution in [3.8, 4) is 0 Å². The Kier molecular flexibility index (Phi) is 11.5. The SMILES string of the molecule is Cc1ccccc1C(C(=O)NC(Cc1ccccc1)C(=O)OC(C)(C)C)N(C(=O)C(NC(=O)OC(C)(C)C)C(C)C)C1CC1C. The average Bonchev–Trinajstić information content (AvgIpc) is 3.64. The molecule has 45 heavy (non-hydrogen) atoms. The molecule has 0 saturated heterocycles. The molecule has 1 aliphatic carbocycles. The summed E-state index contributed by atoms with van der Waals surface area (Å²) in [6.45, 7) is 18.2. The number of hydrogen-bond donors (Lipinski definition) is 2. The minimum absolute atomic E-state index is 0.147. The maximum atomic E-state index is 14.5. The highest BCUT2D eigenvalue weighted by atomic mass is 16.6. The molecule has 5 atom stereocenters. The Morgan fingerprint density at radius 3 is 1.93 bits per heavy atom. The highest BCUT2D eigenvalue weighted by Gasteiger charge is 2.49. The minimum Gasteiger partial charge on any atom is -0.458 e. The fraction of sp³-hybridized carbons (Fsp3) is 0.556. The van der Waals surface area contributed by atoms with Crippen LogP contribution in [0.15, 0.2) is 54.6 Å². The number of benzene rings is 2. The van der Waals surface area contributed by atoms with Crippen LogP contribution in [0.25, 0.3) is 0 Å². The molecule has 9 heteroatoms. The number of carbonyl (C=O) groups is 4. The van der Waals surface area contributed by atoms with Crippen molar-refractivity contribution in [1.82, 2.24) is 15.5 Å². The summed E-state index contributed by atoms with van der Waals surface area (Å²) >= 11 is 0. The van der Waals surface area contributed by atoms with Crippen molar-refractivity contribution < 1.29 is 28.7 Å². The normalized spacial score (nSPS) is 18.3. The Hall–Kier alpha value is -3.88. The molecule has 2 N–H and O–H groups in total. The molecular weight excluding hydrogens is 570 g/mol. The molecule has 2 aromatic rings. The lowest BCUT2D eigenvalue weighted by atomic mass is 9.95. The first-order chi connectivity index (χ1) is 20.9. The van der Waals surface area contributed by atoms with Crippen molar-refractivity contribution in [3.05, 3.63) is 71.3 Å².